The lowest BCUT2D eigenvalue weighted by molar-refractivity contribution is -0.123. The number of anilines is 1. The van der Waals surface area contributed by atoms with Gasteiger partial charge in [-0.3, -0.25) is 4.79 Å². The minimum Gasteiger partial charge on any atom is -0.494 e. The predicted molar refractivity (Wildman–Crippen MR) is 125 cm³/mol. The summed E-state index contributed by atoms with van der Waals surface area (Å²) in [5.41, 5.74) is 6.30. The molecule has 3 aliphatic rings. The van der Waals surface area contributed by atoms with E-state index in [0.717, 1.165) is 24.3 Å². The van der Waals surface area contributed by atoms with Gasteiger partial charge in [0.05, 0.1) is 12.5 Å². The van der Waals surface area contributed by atoms with E-state index in [1.165, 1.54) is 22.3 Å². The Bertz CT molecular complexity index is 1040. The first-order chi connectivity index (χ1) is 15.2. The lowest BCUT2D eigenvalue weighted by Crippen LogP contribution is -2.45. The summed E-state index contributed by atoms with van der Waals surface area (Å²) in [5.74, 6) is 1.58. The first-order valence-electron chi connectivity index (χ1n) is 11.4. The van der Waals surface area contributed by atoms with Crippen LogP contribution in [0.4, 0.5) is 5.69 Å². The summed E-state index contributed by atoms with van der Waals surface area (Å²) in [6.07, 6.45) is 2.12. The highest BCUT2D eigenvalue weighted by molar-refractivity contribution is 5.95. The van der Waals surface area contributed by atoms with Crippen molar-refractivity contribution in [3.8, 4) is 5.75 Å². The summed E-state index contributed by atoms with van der Waals surface area (Å²) < 4.78 is 5.54. The summed E-state index contributed by atoms with van der Waals surface area (Å²) in [6, 6.07) is 25.2. The summed E-state index contributed by atoms with van der Waals surface area (Å²) >= 11 is 0. The van der Waals surface area contributed by atoms with Crippen molar-refractivity contribution >= 4 is 11.6 Å². The number of ether oxygens (including phenoxy) is 1. The Kier molecular flexibility index (Phi) is 5.27. The minimum absolute atomic E-state index is 0.0682. The fourth-order valence-electron chi connectivity index (χ4n) is 5.84. The Hall–Kier alpha value is -3.07. The van der Waals surface area contributed by atoms with Crippen LogP contribution < -0.4 is 10.1 Å². The molecule has 0 heterocycles. The highest BCUT2D eigenvalue weighted by Crippen LogP contribution is 2.59. The van der Waals surface area contributed by atoms with Crippen LogP contribution in [0.3, 0.4) is 0 Å². The molecule has 3 aromatic carbocycles. The second-order valence-corrected chi connectivity index (χ2v) is 8.64. The molecular weight excluding hydrogens is 382 g/mol. The molecule has 0 aliphatic heterocycles. The molecule has 6 rings (SSSR count). The molecule has 3 aliphatic carbocycles. The van der Waals surface area contributed by atoms with Gasteiger partial charge in [-0.1, -0.05) is 61.9 Å². The molecule has 1 N–H and O–H groups in total. The first kappa shape index (κ1) is 19.9. The molecule has 158 valence electrons. The van der Waals surface area contributed by atoms with Gasteiger partial charge in [0.1, 0.15) is 5.75 Å². The van der Waals surface area contributed by atoms with Crippen LogP contribution in [0.2, 0.25) is 0 Å². The van der Waals surface area contributed by atoms with Crippen molar-refractivity contribution in [1.82, 2.24) is 0 Å². The third kappa shape index (κ3) is 3.33. The van der Waals surface area contributed by atoms with Crippen molar-refractivity contribution in [1.29, 1.82) is 0 Å². The summed E-state index contributed by atoms with van der Waals surface area (Å²) in [5, 5.41) is 3.22. The molecule has 3 heteroatoms. The van der Waals surface area contributed by atoms with Gasteiger partial charge < -0.3 is 10.1 Å². The van der Waals surface area contributed by atoms with Crippen LogP contribution in [-0.2, 0) is 4.79 Å². The zero-order chi connectivity index (χ0) is 21.4. The van der Waals surface area contributed by atoms with Gasteiger partial charge in [-0.25, -0.2) is 0 Å². The second-order valence-electron chi connectivity index (χ2n) is 8.64. The van der Waals surface area contributed by atoms with Gasteiger partial charge in [-0.2, -0.15) is 0 Å². The number of benzene rings is 3. The monoisotopic (exact) mass is 411 g/mol. The number of carbonyl (C=O) groups is 1. The van der Waals surface area contributed by atoms with E-state index in [-0.39, 0.29) is 23.7 Å². The molecule has 3 aromatic rings. The molecular formula is C28H29NO2. The maximum Gasteiger partial charge on any atom is 0.228 e. The van der Waals surface area contributed by atoms with Gasteiger partial charge in [0.2, 0.25) is 5.91 Å². The van der Waals surface area contributed by atoms with E-state index in [0.29, 0.717) is 12.5 Å². The Balaban J connectivity index is 1.54. The van der Waals surface area contributed by atoms with Gasteiger partial charge in [0.25, 0.3) is 0 Å². The molecule has 2 bridgehead atoms. The quantitative estimate of drug-likeness (QED) is 0.513. The van der Waals surface area contributed by atoms with Crippen molar-refractivity contribution in [3.05, 3.63) is 95.1 Å². The smallest absolute Gasteiger partial charge is 0.228 e. The van der Waals surface area contributed by atoms with Crippen LogP contribution in [0.25, 0.3) is 0 Å². The molecule has 1 amide bonds. The van der Waals surface area contributed by atoms with E-state index in [4.69, 9.17) is 4.74 Å². The molecule has 0 unspecified atom stereocenters. The van der Waals surface area contributed by atoms with Crippen LogP contribution in [0.5, 0.6) is 5.75 Å². The lowest BCUT2D eigenvalue weighted by Gasteiger charge is -2.50. The van der Waals surface area contributed by atoms with Gasteiger partial charge >= 0.3 is 0 Å². The van der Waals surface area contributed by atoms with E-state index >= 15 is 0 Å². The van der Waals surface area contributed by atoms with Crippen molar-refractivity contribution in [2.24, 2.45) is 11.8 Å². The third-order valence-electron chi connectivity index (χ3n) is 6.94. The van der Waals surface area contributed by atoms with Gasteiger partial charge in [-0.15, -0.1) is 0 Å². The van der Waals surface area contributed by atoms with E-state index in [1.807, 2.05) is 31.2 Å². The van der Waals surface area contributed by atoms with Crippen LogP contribution in [0.15, 0.2) is 72.8 Å². The van der Waals surface area contributed by atoms with Crippen LogP contribution in [0, 0.1) is 11.8 Å². The number of amides is 1. The van der Waals surface area contributed by atoms with Crippen molar-refractivity contribution in [3.63, 3.8) is 0 Å². The molecule has 2 atom stereocenters. The molecule has 0 radical (unpaired) electrons. The number of rotatable bonds is 6. The number of hydrogen-bond donors (Lipinski definition) is 1. The summed E-state index contributed by atoms with van der Waals surface area (Å²) in [4.78, 5) is 13.7. The number of nitrogens with one attached hydrogen (secondary N) is 1. The topological polar surface area (TPSA) is 38.3 Å². The molecule has 0 spiro atoms. The van der Waals surface area contributed by atoms with Crippen molar-refractivity contribution in [2.75, 3.05) is 11.9 Å². The molecule has 31 heavy (non-hydrogen) atoms. The van der Waals surface area contributed by atoms with Crippen LogP contribution >= 0.6 is 0 Å². The lowest BCUT2D eigenvalue weighted by atomic mass is 9.53. The highest BCUT2D eigenvalue weighted by atomic mass is 16.5. The Morgan fingerprint density at radius 3 is 1.87 bits per heavy atom. The minimum atomic E-state index is -0.0682. The van der Waals surface area contributed by atoms with E-state index < -0.39 is 0 Å². The molecule has 0 fully saturated rings. The maximum absolute atomic E-state index is 13.7. The van der Waals surface area contributed by atoms with E-state index in [9.17, 15) is 4.79 Å². The number of fused-ring (bicyclic) bond motifs is 1. The number of hydrogen-bond acceptors (Lipinski definition) is 2. The standard InChI is InChI=1S/C28H29NO2/c1-3-9-24-25-20-10-5-7-12-22(20)26(23-13-8-6-11-21(23)25)27(24)28(30)29-18-14-16-19(17-15-18)31-4-2/h5-8,10-17,24-27H,3-4,9H2,1-2H3,(H,29,30)/t24-,25?,26?,27-/m1/s1. The fraction of sp³-hybridized carbons (Fsp3) is 0.321. The predicted octanol–water partition coefficient (Wildman–Crippen LogP) is 6.35. The number of carbonyl (C=O) groups excluding carboxylic acids is 1. The highest BCUT2D eigenvalue weighted by Gasteiger charge is 2.51. The maximum atomic E-state index is 13.7. The molecule has 0 saturated heterocycles. The van der Waals surface area contributed by atoms with Gasteiger partial charge in [0.15, 0.2) is 0 Å². The van der Waals surface area contributed by atoms with Crippen LogP contribution in [-0.4, -0.2) is 12.5 Å². The van der Waals surface area contributed by atoms with E-state index in [1.54, 1.807) is 0 Å². The summed E-state index contributed by atoms with van der Waals surface area (Å²) in [7, 11) is 0. The SMILES string of the molecule is CCC[C@@H]1C2c3ccccc3C(c3ccccc32)[C@@H]1C(=O)Nc1ccc(OCC)cc1. The average molecular weight is 412 g/mol. The molecule has 0 aromatic heterocycles. The Morgan fingerprint density at radius 2 is 1.35 bits per heavy atom. The van der Waals surface area contributed by atoms with Gasteiger partial charge in [0, 0.05) is 17.5 Å². The summed E-state index contributed by atoms with van der Waals surface area (Å²) in [6.45, 7) is 4.83. The van der Waals surface area contributed by atoms with E-state index in [2.05, 4.69) is 60.8 Å². The first-order valence-corrected chi connectivity index (χ1v) is 11.4. The Labute approximate surface area is 184 Å². The second kappa shape index (κ2) is 8.22. The van der Waals surface area contributed by atoms with Crippen molar-refractivity contribution < 1.29 is 9.53 Å². The van der Waals surface area contributed by atoms with Gasteiger partial charge in [-0.05, 0) is 65.8 Å². The fourth-order valence-corrected chi connectivity index (χ4v) is 5.84. The van der Waals surface area contributed by atoms with Crippen molar-refractivity contribution in [2.45, 2.75) is 38.5 Å². The normalized spacial score (nSPS) is 23.0. The average Bonchev–Trinajstić information content (AvgIpc) is 2.80. The van der Waals surface area contributed by atoms with Crippen LogP contribution in [0.1, 0.15) is 60.8 Å². The zero-order valence-electron chi connectivity index (χ0n) is 18.2. The molecule has 0 saturated carbocycles. The Morgan fingerprint density at radius 1 is 0.806 bits per heavy atom. The zero-order valence-corrected chi connectivity index (χ0v) is 18.2. The molecule has 3 nitrogen and oxygen atoms in total. The third-order valence-corrected chi connectivity index (χ3v) is 6.94. The largest absolute Gasteiger partial charge is 0.494 e.